The summed E-state index contributed by atoms with van der Waals surface area (Å²) in [5.41, 5.74) is 2.09. The van der Waals surface area contributed by atoms with Crippen molar-refractivity contribution in [3.63, 3.8) is 0 Å². The van der Waals surface area contributed by atoms with E-state index in [-0.39, 0.29) is 24.4 Å². The van der Waals surface area contributed by atoms with Gasteiger partial charge in [-0.15, -0.1) is 0 Å². The summed E-state index contributed by atoms with van der Waals surface area (Å²) in [6, 6.07) is 12.0. The normalized spacial score (nSPS) is 18.5. The SMILES string of the molecule is COc1cc(C=C2C(=O)N(C3CCCCC3)C(=S)N2C)ccc1OCc1cccc(F)c1. The minimum atomic E-state index is -0.300. The van der Waals surface area contributed by atoms with Crippen molar-refractivity contribution in [2.24, 2.45) is 0 Å². The highest BCUT2D eigenvalue weighted by Crippen LogP contribution is 2.33. The lowest BCUT2D eigenvalue weighted by atomic mass is 9.94. The van der Waals surface area contributed by atoms with Crippen LogP contribution in [0.5, 0.6) is 11.5 Å². The molecule has 1 aliphatic heterocycles. The van der Waals surface area contributed by atoms with Gasteiger partial charge in [0.2, 0.25) is 0 Å². The molecule has 0 spiro atoms. The molecule has 0 N–H and O–H groups in total. The lowest BCUT2D eigenvalue weighted by Crippen LogP contribution is -2.41. The molecule has 5 nitrogen and oxygen atoms in total. The Bertz CT molecular complexity index is 1050. The molecular weight excluding hydrogens is 427 g/mol. The van der Waals surface area contributed by atoms with Gasteiger partial charge in [0.1, 0.15) is 18.1 Å². The number of rotatable bonds is 6. The molecule has 168 valence electrons. The Morgan fingerprint density at radius 2 is 1.91 bits per heavy atom. The Labute approximate surface area is 193 Å². The summed E-state index contributed by atoms with van der Waals surface area (Å²) >= 11 is 5.59. The Kier molecular flexibility index (Phi) is 6.74. The number of ether oxygens (including phenoxy) is 2. The van der Waals surface area contributed by atoms with Gasteiger partial charge in [0, 0.05) is 13.1 Å². The number of carbonyl (C=O) groups is 1. The number of hydrogen-bond acceptors (Lipinski definition) is 4. The number of likely N-dealkylation sites (N-methyl/N-ethyl adjacent to an activating group) is 1. The van der Waals surface area contributed by atoms with Crippen molar-refractivity contribution in [1.29, 1.82) is 0 Å². The zero-order valence-corrected chi connectivity index (χ0v) is 19.2. The Morgan fingerprint density at radius 1 is 1.12 bits per heavy atom. The van der Waals surface area contributed by atoms with Gasteiger partial charge in [0.05, 0.1) is 7.11 Å². The summed E-state index contributed by atoms with van der Waals surface area (Å²) in [5.74, 6) is 0.736. The number of hydrogen-bond donors (Lipinski definition) is 0. The number of benzene rings is 2. The molecule has 2 aliphatic rings. The largest absolute Gasteiger partial charge is 0.493 e. The van der Waals surface area contributed by atoms with Crippen molar-refractivity contribution in [3.05, 3.63) is 65.1 Å². The summed E-state index contributed by atoms with van der Waals surface area (Å²) in [7, 11) is 3.40. The molecule has 1 saturated heterocycles. The molecule has 1 heterocycles. The highest BCUT2D eigenvalue weighted by atomic mass is 32.1. The monoisotopic (exact) mass is 454 g/mol. The second-order valence-corrected chi connectivity index (χ2v) is 8.53. The van der Waals surface area contributed by atoms with E-state index in [2.05, 4.69) is 0 Å². The molecule has 1 amide bonds. The lowest BCUT2D eigenvalue weighted by Gasteiger charge is -2.30. The summed E-state index contributed by atoms with van der Waals surface area (Å²) in [4.78, 5) is 16.8. The lowest BCUT2D eigenvalue weighted by molar-refractivity contribution is -0.124. The van der Waals surface area contributed by atoms with Crippen LogP contribution >= 0.6 is 12.2 Å². The van der Waals surface area contributed by atoms with Crippen molar-refractivity contribution in [3.8, 4) is 11.5 Å². The van der Waals surface area contributed by atoms with E-state index < -0.39 is 0 Å². The molecule has 32 heavy (non-hydrogen) atoms. The fourth-order valence-electron chi connectivity index (χ4n) is 4.28. The molecule has 2 fully saturated rings. The van der Waals surface area contributed by atoms with Crippen LogP contribution in [-0.2, 0) is 11.4 Å². The molecular formula is C25H27FN2O3S. The van der Waals surface area contributed by atoms with Gasteiger partial charge in [0.15, 0.2) is 16.6 Å². The number of nitrogens with zero attached hydrogens (tertiary/aromatic N) is 2. The van der Waals surface area contributed by atoms with Gasteiger partial charge < -0.3 is 14.4 Å². The van der Waals surface area contributed by atoms with E-state index in [1.54, 1.807) is 35.1 Å². The second kappa shape index (κ2) is 9.69. The summed E-state index contributed by atoms with van der Waals surface area (Å²) < 4.78 is 24.7. The molecule has 0 radical (unpaired) electrons. The van der Waals surface area contributed by atoms with Gasteiger partial charge in [-0.05, 0) is 66.5 Å². The number of carbonyl (C=O) groups excluding carboxylic acids is 1. The highest BCUT2D eigenvalue weighted by Gasteiger charge is 2.40. The van der Waals surface area contributed by atoms with E-state index in [0.717, 1.165) is 36.8 Å². The molecule has 7 heteroatoms. The van der Waals surface area contributed by atoms with Gasteiger partial charge in [-0.1, -0.05) is 37.5 Å². The molecule has 2 aromatic carbocycles. The molecule has 1 saturated carbocycles. The first kappa shape index (κ1) is 22.3. The molecule has 4 rings (SSSR count). The maximum Gasteiger partial charge on any atom is 0.277 e. The molecule has 0 aromatic heterocycles. The van der Waals surface area contributed by atoms with Crippen molar-refractivity contribution < 1.29 is 18.7 Å². The summed E-state index contributed by atoms with van der Waals surface area (Å²) in [6.07, 6.45) is 7.31. The minimum Gasteiger partial charge on any atom is -0.493 e. The van der Waals surface area contributed by atoms with Gasteiger partial charge in [-0.2, -0.15) is 0 Å². The fraction of sp³-hybridized carbons (Fsp3) is 0.360. The third-order valence-electron chi connectivity index (χ3n) is 6.01. The maximum absolute atomic E-state index is 13.4. The van der Waals surface area contributed by atoms with Crippen LogP contribution in [-0.4, -0.2) is 41.0 Å². The van der Waals surface area contributed by atoms with E-state index in [1.165, 1.54) is 18.6 Å². The standard InChI is InChI=1S/C25H27FN2O3S/c1-27-21(24(29)28(25(27)32)20-9-4-3-5-10-20)14-17-11-12-22(23(15-17)30-2)31-16-18-7-6-8-19(26)13-18/h6-8,11-15,20H,3-5,9-10,16H2,1-2H3. The van der Waals surface area contributed by atoms with Crippen molar-refractivity contribution in [2.75, 3.05) is 14.2 Å². The van der Waals surface area contributed by atoms with Crippen LogP contribution in [0.1, 0.15) is 43.2 Å². The van der Waals surface area contributed by atoms with Crippen LogP contribution in [0.2, 0.25) is 0 Å². The van der Waals surface area contributed by atoms with Gasteiger partial charge in [-0.25, -0.2) is 4.39 Å². The van der Waals surface area contributed by atoms with E-state index in [4.69, 9.17) is 21.7 Å². The molecule has 1 aliphatic carbocycles. The van der Waals surface area contributed by atoms with Gasteiger partial charge in [0.25, 0.3) is 5.91 Å². The van der Waals surface area contributed by atoms with Crippen LogP contribution in [0.4, 0.5) is 4.39 Å². The first-order chi connectivity index (χ1) is 15.5. The van der Waals surface area contributed by atoms with E-state index in [9.17, 15) is 9.18 Å². The second-order valence-electron chi connectivity index (χ2n) is 8.17. The zero-order chi connectivity index (χ0) is 22.7. The predicted octanol–water partition coefficient (Wildman–Crippen LogP) is 5.15. The zero-order valence-electron chi connectivity index (χ0n) is 18.3. The van der Waals surface area contributed by atoms with E-state index >= 15 is 0 Å². The Hall–Kier alpha value is -2.93. The minimum absolute atomic E-state index is 0.0465. The van der Waals surface area contributed by atoms with Gasteiger partial charge >= 0.3 is 0 Å². The smallest absolute Gasteiger partial charge is 0.277 e. The average molecular weight is 455 g/mol. The molecule has 0 bridgehead atoms. The molecule has 0 unspecified atom stereocenters. The highest BCUT2D eigenvalue weighted by molar-refractivity contribution is 7.80. The number of thiocarbonyl (C=S) groups is 1. The molecule has 0 atom stereocenters. The van der Waals surface area contributed by atoms with Crippen LogP contribution < -0.4 is 9.47 Å². The number of amides is 1. The average Bonchev–Trinajstić information content (AvgIpc) is 3.01. The topological polar surface area (TPSA) is 42.0 Å². The third-order valence-corrected chi connectivity index (χ3v) is 6.48. The van der Waals surface area contributed by atoms with E-state index in [0.29, 0.717) is 22.3 Å². The summed E-state index contributed by atoms with van der Waals surface area (Å²) in [5, 5.41) is 0.565. The predicted molar refractivity (Wildman–Crippen MR) is 126 cm³/mol. The van der Waals surface area contributed by atoms with Crippen molar-refractivity contribution >= 4 is 29.3 Å². The third kappa shape index (κ3) is 4.63. The molecule has 2 aromatic rings. The maximum atomic E-state index is 13.4. The van der Waals surface area contributed by atoms with Crippen LogP contribution in [0.3, 0.4) is 0 Å². The first-order valence-electron chi connectivity index (χ1n) is 10.9. The number of halogens is 1. The van der Waals surface area contributed by atoms with Gasteiger partial charge in [-0.3, -0.25) is 9.69 Å². The van der Waals surface area contributed by atoms with Crippen molar-refractivity contribution in [2.45, 2.75) is 44.8 Å². The number of methoxy groups -OCH3 is 1. The Balaban J connectivity index is 1.53. The Morgan fingerprint density at radius 3 is 2.62 bits per heavy atom. The van der Waals surface area contributed by atoms with Crippen LogP contribution in [0, 0.1) is 5.82 Å². The first-order valence-corrected chi connectivity index (χ1v) is 11.3. The summed E-state index contributed by atoms with van der Waals surface area (Å²) in [6.45, 7) is 0.223. The van der Waals surface area contributed by atoms with E-state index in [1.807, 2.05) is 25.3 Å². The quantitative estimate of drug-likeness (QED) is 0.446. The van der Waals surface area contributed by atoms with Crippen LogP contribution in [0.15, 0.2) is 48.2 Å². The fourth-order valence-corrected chi connectivity index (χ4v) is 4.61. The van der Waals surface area contributed by atoms with Crippen LogP contribution in [0.25, 0.3) is 6.08 Å². The van der Waals surface area contributed by atoms with Crippen molar-refractivity contribution in [1.82, 2.24) is 9.80 Å².